The minimum Gasteiger partial charge on any atom is -0.308 e. The molecule has 20 heavy (non-hydrogen) atoms. The molecule has 1 fully saturated rings. The largest absolute Gasteiger partial charge is 0.524 e. The molecule has 0 bridgehead atoms. The van der Waals surface area contributed by atoms with E-state index in [0.29, 0.717) is 12.2 Å². The van der Waals surface area contributed by atoms with E-state index in [1.165, 1.54) is 4.90 Å². The molecule has 9 heteroatoms. The summed E-state index contributed by atoms with van der Waals surface area (Å²) in [5.41, 5.74) is 0.555. The minimum absolute atomic E-state index is 0. The average molecular weight is 333 g/mol. The van der Waals surface area contributed by atoms with Crippen molar-refractivity contribution in [1.82, 2.24) is 5.32 Å². The van der Waals surface area contributed by atoms with Crippen LogP contribution in [0.1, 0.15) is 0 Å². The molecular formula is C11H13Cl2F3N2O2. The Morgan fingerprint density at radius 3 is 2.35 bits per heavy atom. The monoisotopic (exact) mass is 332 g/mol. The van der Waals surface area contributed by atoms with Gasteiger partial charge in [0.2, 0.25) is 0 Å². The van der Waals surface area contributed by atoms with Gasteiger partial charge in [-0.25, -0.2) is 0 Å². The molecule has 1 aliphatic heterocycles. The molecule has 1 aliphatic rings. The number of rotatable bonds is 2. The smallest absolute Gasteiger partial charge is 0.308 e. The summed E-state index contributed by atoms with van der Waals surface area (Å²) in [6, 6.07) is 8.51. The van der Waals surface area contributed by atoms with Crippen LogP contribution in [0.5, 0.6) is 0 Å². The lowest BCUT2D eigenvalue weighted by Gasteiger charge is -2.33. The molecule has 4 nitrogen and oxygen atoms in total. The highest BCUT2D eigenvalue weighted by molar-refractivity contribution is 5.97. The number of para-hydroxylation sites is 1. The van der Waals surface area contributed by atoms with Gasteiger partial charge in [-0.05, 0) is 12.1 Å². The summed E-state index contributed by atoms with van der Waals surface area (Å²) >= 11 is 0. The first kappa shape index (κ1) is 19.0. The number of hydrogen-bond acceptors (Lipinski definition) is 3. The predicted molar refractivity (Wildman–Crippen MR) is 72.2 cm³/mol. The maximum absolute atomic E-state index is 12.1. The molecule has 1 N–H and O–H groups in total. The summed E-state index contributed by atoms with van der Waals surface area (Å²) in [7, 11) is 0. The predicted octanol–water partition coefficient (Wildman–Crippen LogP) is 2.33. The van der Waals surface area contributed by atoms with E-state index in [1.807, 2.05) is 0 Å². The van der Waals surface area contributed by atoms with Gasteiger partial charge in [0.1, 0.15) is 0 Å². The minimum atomic E-state index is -4.84. The van der Waals surface area contributed by atoms with Crippen molar-refractivity contribution < 1.29 is 22.7 Å². The molecule has 0 aromatic heterocycles. The first-order valence-corrected chi connectivity index (χ1v) is 5.32. The molecule has 0 radical (unpaired) electrons. The summed E-state index contributed by atoms with van der Waals surface area (Å²) in [6.07, 6.45) is -6.52. The van der Waals surface area contributed by atoms with E-state index in [0.717, 1.165) is 0 Å². The van der Waals surface area contributed by atoms with Crippen molar-refractivity contribution in [1.29, 1.82) is 0 Å². The summed E-state index contributed by atoms with van der Waals surface area (Å²) in [4.78, 5) is 13.1. The summed E-state index contributed by atoms with van der Waals surface area (Å²) in [5.74, 6) is -0.746. The maximum atomic E-state index is 12.1. The number of piperazine rings is 1. The number of hydrogen-bond donors (Lipinski definition) is 1. The third-order valence-corrected chi connectivity index (χ3v) is 2.47. The number of halogens is 5. The molecule has 1 aromatic carbocycles. The Morgan fingerprint density at radius 1 is 1.20 bits per heavy atom. The Kier molecular flexibility index (Phi) is 7.29. The first-order valence-electron chi connectivity index (χ1n) is 5.32. The van der Waals surface area contributed by atoms with E-state index in [9.17, 15) is 18.0 Å². The summed E-state index contributed by atoms with van der Waals surface area (Å²) in [5, 5.41) is 2.39. The Labute approximate surface area is 126 Å². The number of carbonyl (C=O) groups is 1. The van der Waals surface area contributed by atoms with Crippen LogP contribution in [-0.2, 0) is 9.53 Å². The van der Waals surface area contributed by atoms with Crippen LogP contribution in [0.2, 0.25) is 0 Å². The number of nitrogens with one attached hydrogen (secondary N) is 1. The van der Waals surface area contributed by atoms with E-state index < -0.39 is 18.5 Å². The molecule has 1 aromatic rings. The van der Waals surface area contributed by atoms with Crippen molar-refractivity contribution in [2.45, 2.75) is 12.6 Å². The van der Waals surface area contributed by atoms with Gasteiger partial charge in [0, 0.05) is 18.8 Å². The number of anilines is 1. The number of amides is 1. The van der Waals surface area contributed by atoms with Crippen molar-refractivity contribution in [2.75, 3.05) is 18.0 Å². The molecule has 1 atom stereocenters. The van der Waals surface area contributed by atoms with Gasteiger partial charge in [0.25, 0.3) is 5.91 Å². The van der Waals surface area contributed by atoms with E-state index in [1.54, 1.807) is 30.3 Å². The van der Waals surface area contributed by atoms with Crippen molar-refractivity contribution in [2.24, 2.45) is 0 Å². The normalized spacial score (nSPS) is 19.1. The maximum Gasteiger partial charge on any atom is 0.524 e. The Morgan fingerprint density at radius 2 is 1.80 bits per heavy atom. The van der Waals surface area contributed by atoms with Crippen LogP contribution < -0.4 is 10.2 Å². The molecule has 1 amide bonds. The molecule has 1 unspecified atom stereocenters. The second-order valence-corrected chi connectivity index (χ2v) is 3.72. The SMILES string of the molecule is Cl.Cl.O=C1C(OC(F)(F)F)NCCN1c1ccccc1. The van der Waals surface area contributed by atoms with Gasteiger partial charge < -0.3 is 4.90 Å². The molecular weight excluding hydrogens is 320 g/mol. The second kappa shape index (κ2) is 7.68. The molecule has 1 saturated heterocycles. The van der Waals surface area contributed by atoms with Crippen LogP contribution in [0.15, 0.2) is 30.3 Å². The van der Waals surface area contributed by atoms with Crippen LogP contribution >= 0.6 is 24.8 Å². The van der Waals surface area contributed by atoms with Gasteiger partial charge >= 0.3 is 6.36 Å². The average Bonchev–Trinajstić information content (AvgIpc) is 2.31. The highest BCUT2D eigenvalue weighted by Crippen LogP contribution is 2.22. The van der Waals surface area contributed by atoms with Gasteiger partial charge in [0.05, 0.1) is 0 Å². The van der Waals surface area contributed by atoms with E-state index in [4.69, 9.17) is 0 Å². The fourth-order valence-corrected chi connectivity index (χ4v) is 1.74. The molecule has 0 aliphatic carbocycles. The Bertz CT molecular complexity index is 431. The van der Waals surface area contributed by atoms with E-state index in [-0.39, 0.29) is 31.4 Å². The fraction of sp³-hybridized carbons (Fsp3) is 0.364. The van der Waals surface area contributed by atoms with Crippen LogP contribution in [0.3, 0.4) is 0 Å². The topological polar surface area (TPSA) is 41.6 Å². The summed E-state index contributed by atoms with van der Waals surface area (Å²) in [6.45, 7) is 0.544. The zero-order chi connectivity index (χ0) is 13.2. The molecule has 0 saturated carbocycles. The van der Waals surface area contributed by atoms with Crippen molar-refractivity contribution in [3.8, 4) is 0 Å². The lowest BCUT2D eigenvalue weighted by Crippen LogP contribution is -2.57. The standard InChI is InChI=1S/C11H11F3N2O2.2ClH/c12-11(13,14)18-9-10(17)16(7-6-15-9)8-4-2-1-3-5-8;;/h1-5,9,15H,6-7H2;2*1H. The van der Waals surface area contributed by atoms with Gasteiger partial charge in [0.15, 0.2) is 6.23 Å². The molecule has 0 spiro atoms. The number of ether oxygens (including phenoxy) is 1. The van der Waals surface area contributed by atoms with Crippen molar-refractivity contribution in [3.63, 3.8) is 0 Å². The zero-order valence-electron chi connectivity index (χ0n) is 10.1. The molecule has 2 rings (SSSR count). The van der Waals surface area contributed by atoms with Gasteiger partial charge in [-0.15, -0.1) is 38.0 Å². The fourth-order valence-electron chi connectivity index (χ4n) is 1.74. The highest BCUT2D eigenvalue weighted by atomic mass is 35.5. The second-order valence-electron chi connectivity index (χ2n) is 3.72. The van der Waals surface area contributed by atoms with Crippen LogP contribution in [0.4, 0.5) is 18.9 Å². The van der Waals surface area contributed by atoms with E-state index >= 15 is 0 Å². The zero-order valence-corrected chi connectivity index (χ0v) is 11.7. The molecule has 114 valence electrons. The number of alkyl halides is 3. The quantitative estimate of drug-likeness (QED) is 0.903. The molecule has 1 heterocycles. The van der Waals surface area contributed by atoms with E-state index in [2.05, 4.69) is 10.1 Å². The first-order chi connectivity index (χ1) is 8.47. The number of benzene rings is 1. The van der Waals surface area contributed by atoms with Crippen LogP contribution in [-0.4, -0.2) is 31.6 Å². The van der Waals surface area contributed by atoms with Gasteiger partial charge in [-0.2, -0.15) is 0 Å². The lowest BCUT2D eigenvalue weighted by atomic mass is 10.2. The van der Waals surface area contributed by atoms with Crippen molar-refractivity contribution in [3.05, 3.63) is 30.3 Å². The number of nitrogens with zero attached hydrogens (tertiary/aromatic N) is 1. The van der Waals surface area contributed by atoms with Gasteiger partial charge in [-0.3, -0.25) is 14.8 Å². The highest BCUT2D eigenvalue weighted by Gasteiger charge is 2.40. The Balaban J connectivity index is 0.00000180. The summed E-state index contributed by atoms with van der Waals surface area (Å²) < 4.78 is 40.1. The third-order valence-electron chi connectivity index (χ3n) is 2.47. The third kappa shape index (κ3) is 4.82. The van der Waals surface area contributed by atoms with Crippen LogP contribution in [0.25, 0.3) is 0 Å². The Hall–Kier alpha value is -1.02. The van der Waals surface area contributed by atoms with Crippen molar-refractivity contribution >= 4 is 36.4 Å². The number of carbonyl (C=O) groups excluding carboxylic acids is 1. The van der Waals surface area contributed by atoms with Crippen LogP contribution in [0, 0.1) is 0 Å². The lowest BCUT2D eigenvalue weighted by molar-refractivity contribution is -0.341. The van der Waals surface area contributed by atoms with Gasteiger partial charge in [-0.1, -0.05) is 18.2 Å².